The molecule has 94 valence electrons. The van der Waals surface area contributed by atoms with Crippen molar-refractivity contribution in [3.63, 3.8) is 0 Å². The Labute approximate surface area is 115 Å². The average molecular weight is 283 g/mol. The summed E-state index contributed by atoms with van der Waals surface area (Å²) in [7, 11) is 0. The Balaban J connectivity index is 2.08. The quantitative estimate of drug-likeness (QED) is 0.874. The minimum atomic E-state index is 0.271. The molecule has 2 N–H and O–H groups in total. The van der Waals surface area contributed by atoms with Crippen LogP contribution in [0.4, 0.5) is 0 Å². The Hall–Kier alpha value is -1.29. The number of hydrogen-bond donors (Lipinski definition) is 1. The molecular weight excluding hydrogens is 271 g/mol. The number of nitrogens with two attached hydrogens (primary N) is 1. The van der Waals surface area contributed by atoms with E-state index >= 15 is 0 Å². The maximum absolute atomic E-state index is 6.00. The van der Waals surface area contributed by atoms with Gasteiger partial charge in [-0.15, -0.1) is 0 Å². The fourth-order valence-corrected chi connectivity index (χ4v) is 1.80. The molecule has 0 aliphatic heterocycles. The van der Waals surface area contributed by atoms with E-state index in [-0.39, 0.29) is 6.61 Å². The van der Waals surface area contributed by atoms with Crippen LogP contribution < -0.4 is 10.5 Å². The second-order valence-electron chi connectivity index (χ2n) is 3.70. The van der Waals surface area contributed by atoms with Crippen LogP contribution in [0.1, 0.15) is 11.3 Å². The van der Waals surface area contributed by atoms with E-state index in [0.717, 1.165) is 11.3 Å². The highest BCUT2D eigenvalue weighted by Crippen LogP contribution is 2.20. The zero-order valence-electron chi connectivity index (χ0n) is 9.57. The van der Waals surface area contributed by atoms with Gasteiger partial charge in [0.05, 0.1) is 10.7 Å². The SMILES string of the molecule is NCc1cccc(OCc2nc(Cl)ccc2Cl)c1. The lowest BCUT2D eigenvalue weighted by Crippen LogP contribution is -2.01. The fraction of sp³-hybridized carbons (Fsp3) is 0.154. The van der Waals surface area contributed by atoms with Crippen LogP contribution in [0.15, 0.2) is 36.4 Å². The third-order valence-corrected chi connectivity index (χ3v) is 2.95. The standard InChI is InChI=1S/C13H12Cl2N2O/c14-11-4-5-13(15)17-12(11)8-18-10-3-1-2-9(6-10)7-16/h1-6H,7-8,16H2. The summed E-state index contributed by atoms with van der Waals surface area (Å²) in [6.45, 7) is 0.751. The summed E-state index contributed by atoms with van der Waals surface area (Å²) in [5.74, 6) is 0.732. The van der Waals surface area contributed by atoms with Gasteiger partial charge in [0.1, 0.15) is 17.5 Å². The van der Waals surface area contributed by atoms with Crippen LogP contribution >= 0.6 is 23.2 Å². The molecule has 2 rings (SSSR count). The molecule has 0 radical (unpaired) electrons. The molecule has 0 aliphatic carbocycles. The molecule has 0 unspecified atom stereocenters. The number of aromatic nitrogens is 1. The van der Waals surface area contributed by atoms with Crippen LogP contribution in [-0.4, -0.2) is 4.98 Å². The summed E-state index contributed by atoms with van der Waals surface area (Å²) in [6.07, 6.45) is 0. The fourth-order valence-electron chi connectivity index (χ4n) is 1.47. The zero-order chi connectivity index (χ0) is 13.0. The van der Waals surface area contributed by atoms with E-state index in [1.807, 2.05) is 24.3 Å². The Morgan fingerprint density at radius 3 is 2.78 bits per heavy atom. The highest BCUT2D eigenvalue weighted by Gasteiger charge is 2.04. The maximum atomic E-state index is 6.00. The molecule has 1 heterocycles. The van der Waals surface area contributed by atoms with Crippen molar-refractivity contribution in [1.82, 2.24) is 4.98 Å². The molecule has 0 spiro atoms. The summed E-state index contributed by atoms with van der Waals surface area (Å²) in [5.41, 5.74) is 7.19. The van der Waals surface area contributed by atoms with Gasteiger partial charge in [0.25, 0.3) is 0 Å². The molecule has 18 heavy (non-hydrogen) atoms. The lowest BCUT2D eigenvalue weighted by atomic mass is 10.2. The molecule has 0 atom stereocenters. The second-order valence-corrected chi connectivity index (χ2v) is 4.50. The predicted octanol–water partition coefficient (Wildman–Crippen LogP) is 3.43. The van der Waals surface area contributed by atoms with E-state index in [9.17, 15) is 0 Å². The molecule has 0 amide bonds. The van der Waals surface area contributed by atoms with Crippen molar-refractivity contribution in [2.45, 2.75) is 13.2 Å². The lowest BCUT2D eigenvalue weighted by molar-refractivity contribution is 0.301. The normalized spacial score (nSPS) is 10.4. The van der Waals surface area contributed by atoms with Crippen LogP contribution in [0, 0.1) is 0 Å². The van der Waals surface area contributed by atoms with Gasteiger partial charge in [0, 0.05) is 6.54 Å². The smallest absolute Gasteiger partial charge is 0.132 e. The summed E-state index contributed by atoms with van der Waals surface area (Å²) in [5, 5.41) is 0.933. The molecular formula is C13H12Cl2N2O. The maximum Gasteiger partial charge on any atom is 0.132 e. The van der Waals surface area contributed by atoms with Crippen LogP contribution in [0.5, 0.6) is 5.75 Å². The molecule has 0 aliphatic rings. The number of ether oxygens (including phenoxy) is 1. The van der Waals surface area contributed by atoms with Gasteiger partial charge in [-0.05, 0) is 29.8 Å². The lowest BCUT2D eigenvalue weighted by Gasteiger charge is -2.08. The van der Waals surface area contributed by atoms with E-state index in [2.05, 4.69) is 4.98 Å². The first-order valence-electron chi connectivity index (χ1n) is 5.42. The molecule has 0 fully saturated rings. The van der Waals surface area contributed by atoms with Crippen LogP contribution in [0.25, 0.3) is 0 Å². The Kier molecular flexibility index (Phi) is 4.42. The largest absolute Gasteiger partial charge is 0.487 e. The van der Waals surface area contributed by atoms with Crippen molar-refractivity contribution in [3.05, 3.63) is 57.8 Å². The van der Waals surface area contributed by atoms with Crippen molar-refractivity contribution >= 4 is 23.2 Å². The zero-order valence-corrected chi connectivity index (χ0v) is 11.1. The van der Waals surface area contributed by atoms with Gasteiger partial charge in [-0.3, -0.25) is 0 Å². The number of hydrogen-bond acceptors (Lipinski definition) is 3. The van der Waals surface area contributed by atoms with Gasteiger partial charge >= 0.3 is 0 Å². The first-order chi connectivity index (χ1) is 8.69. The van der Waals surface area contributed by atoms with E-state index in [0.29, 0.717) is 22.4 Å². The third kappa shape index (κ3) is 3.35. The van der Waals surface area contributed by atoms with E-state index in [4.69, 9.17) is 33.7 Å². The molecule has 5 heteroatoms. The van der Waals surface area contributed by atoms with Gasteiger partial charge < -0.3 is 10.5 Å². The predicted molar refractivity (Wildman–Crippen MR) is 72.9 cm³/mol. The molecule has 2 aromatic rings. The minimum Gasteiger partial charge on any atom is -0.487 e. The molecule has 1 aromatic carbocycles. The number of pyridine rings is 1. The summed E-state index contributed by atoms with van der Waals surface area (Å²) < 4.78 is 5.61. The van der Waals surface area contributed by atoms with Crippen molar-refractivity contribution in [2.24, 2.45) is 5.73 Å². The average Bonchev–Trinajstić information content (AvgIpc) is 2.40. The number of nitrogens with zero attached hydrogens (tertiary/aromatic N) is 1. The van der Waals surface area contributed by atoms with Crippen LogP contribution in [-0.2, 0) is 13.2 Å². The molecule has 0 bridgehead atoms. The van der Waals surface area contributed by atoms with E-state index < -0.39 is 0 Å². The third-order valence-electron chi connectivity index (χ3n) is 2.39. The van der Waals surface area contributed by atoms with Crippen LogP contribution in [0.3, 0.4) is 0 Å². The van der Waals surface area contributed by atoms with Crippen molar-refractivity contribution < 1.29 is 4.74 Å². The Morgan fingerprint density at radius 1 is 1.17 bits per heavy atom. The Bertz CT molecular complexity index is 546. The van der Waals surface area contributed by atoms with Gasteiger partial charge in [-0.2, -0.15) is 0 Å². The molecule has 0 saturated heterocycles. The first kappa shape index (κ1) is 13.1. The monoisotopic (exact) mass is 282 g/mol. The van der Waals surface area contributed by atoms with Gasteiger partial charge in [0.15, 0.2) is 0 Å². The number of benzene rings is 1. The van der Waals surface area contributed by atoms with Crippen molar-refractivity contribution in [2.75, 3.05) is 0 Å². The van der Waals surface area contributed by atoms with Crippen molar-refractivity contribution in [1.29, 1.82) is 0 Å². The summed E-state index contributed by atoms with van der Waals surface area (Å²) in [4.78, 5) is 4.11. The summed E-state index contributed by atoms with van der Waals surface area (Å²) in [6, 6.07) is 10.9. The van der Waals surface area contributed by atoms with Gasteiger partial charge in [-0.1, -0.05) is 35.3 Å². The topological polar surface area (TPSA) is 48.1 Å². The number of rotatable bonds is 4. The highest BCUT2D eigenvalue weighted by molar-refractivity contribution is 6.32. The van der Waals surface area contributed by atoms with E-state index in [1.54, 1.807) is 12.1 Å². The van der Waals surface area contributed by atoms with Gasteiger partial charge in [-0.25, -0.2) is 4.98 Å². The van der Waals surface area contributed by atoms with Crippen LogP contribution in [0.2, 0.25) is 10.2 Å². The van der Waals surface area contributed by atoms with E-state index in [1.165, 1.54) is 0 Å². The number of halogens is 2. The summed E-state index contributed by atoms with van der Waals surface area (Å²) >= 11 is 11.8. The van der Waals surface area contributed by atoms with Crippen molar-refractivity contribution in [3.8, 4) is 5.75 Å². The second kappa shape index (κ2) is 6.05. The Morgan fingerprint density at radius 2 is 2.00 bits per heavy atom. The van der Waals surface area contributed by atoms with Gasteiger partial charge in [0.2, 0.25) is 0 Å². The first-order valence-corrected chi connectivity index (χ1v) is 6.17. The molecule has 1 aromatic heterocycles. The minimum absolute atomic E-state index is 0.271. The molecule has 3 nitrogen and oxygen atoms in total. The molecule has 0 saturated carbocycles. The highest BCUT2D eigenvalue weighted by atomic mass is 35.5.